The van der Waals surface area contributed by atoms with Gasteiger partial charge < -0.3 is 10.4 Å². The van der Waals surface area contributed by atoms with Crippen LogP contribution < -0.4 is 5.32 Å². The van der Waals surface area contributed by atoms with E-state index < -0.39 is 0 Å². The molecule has 0 aliphatic rings. The van der Waals surface area contributed by atoms with Gasteiger partial charge in [-0.05, 0) is 19.1 Å². The van der Waals surface area contributed by atoms with Gasteiger partial charge in [0, 0.05) is 6.07 Å². The number of nitrogens with zero attached hydrogens (tertiary/aromatic N) is 1. The fraction of sp³-hybridized carbons (Fsp3) is 0.0909. The summed E-state index contributed by atoms with van der Waals surface area (Å²) in [6, 6.07) is 4.38. The van der Waals surface area contributed by atoms with Crippen LogP contribution in [0.25, 0.3) is 0 Å². The van der Waals surface area contributed by atoms with Gasteiger partial charge in [0.25, 0.3) is 5.91 Å². The summed E-state index contributed by atoms with van der Waals surface area (Å²) in [5.41, 5.74) is 2.76. The Hall–Kier alpha value is -1.59. The van der Waals surface area contributed by atoms with E-state index in [-0.39, 0.29) is 11.7 Å². The number of carbonyl (C=O) groups is 1. The highest BCUT2D eigenvalue weighted by Gasteiger charge is 2.13. The van der Waals surface area contributed by atoms with E-state index in [1.165, 1.54) is 23.5 Å². The van der Waals surface area contributed by atoms with Gasteiger partial charge in [0.15, 0.2) is 0 Å². The van der Waals surface area contributed by atoms with Crippen molar-refractivity contribution in [2.75, 3.05) is 5.32 Å². The number of thiazole rings is 1. The molecule has 2 rings (SSSR count). The lowest BCUT2D eigenvalue weighted by atomic mass is 10.3. The largest absolute Gasteiger partial charge is 0.508 e. The number of aromatic nitrogens is 1. The molecule has 88 valence electrons. The summed E-state index contributed by atoms with van der Waals surface area (Å²) in [6.45, 7) is 1.77. The Morgan fingerprint density at radius 1 is 1.53 bits per heavy atom. The Kier molecular flexibility index (Phi) is 3.31. The zero-order valence-corrected chi connectivity index (χ0v) is 10.5. The molecular formula is C11H9ClN2O2S. The maximum absolute atomic E-state index is 11.9. The standard InChI is InChI=1S/C11H9ClN2O2S/c1-6-10(17-5-13-6)11(16)14-9-3-2-7(15)4-8(9)12/h2-5,15H,1H3,(H,14,16). The number of amides is 1. The predicted molar refractivity (Wildman–Crippen MR) is 67.9 cm³/mol. The first-order chi connectivity index (χ1) is 8.08. The van der Waals surface area contributed by atoms with Crippen LogP contribution in [0.3, 0.4) is 0 Å². The highest BCUT2D eigenvalue weighted by atomic mass is 35.5. The number of rotatable bonds is 2. The number of anilines is 1. The topological polar surface area (TPSA) is 62.2 Å². The number of phenolic OH excluding ortho intramolecular Hbond substituents is 1. The zero-order valence-electron chi connectivity index (χ0n) is 8.90. The van der Waals surface area contributed by atoms with Gasteiger partial charge in [-0.25, -0.2) is 4.98 Å². The third-order valence-corrected chi connectivity index (χ3v) is 3.39. The predicted octanol–water partition coefficient (Wildman–Crippen LogP) is 3.06. The van der Waals surface area contributed by atoms with Crippen LogP contribution in [0.15, 0.2) is 23.7 Å². The Morgan fingerprint density at radius 2 is 2.29 bits per heavy atom. The summed E-state index contributed by atoms with van der Waals surface area (Å²) in [5, 5.41) is 12.2. The number of hydrogen-bond donors (Lipinski definition) is 2. The minimum atomic E-state index is -0.252. The summed E-state index contributed by atoms with van der Waals surface area (Å²) in [7, 11) is 0. The van der Waals surface area contributed by atoms with Crippen molar-refractivity contribution in [1.29, 1.82) is 0 Å². The SMILES string of the molecule is Cc1ncsc1C(=O)Nc1ccc(O)cc1Cl. The van der Waals surface area contributed by atoms with Crippen molar-refractivity contribution < 1.29 is 9.90 Å². The first kappa shape index (κ1) is 11.9. The molecule has 6 heteroatoms. The Bertz CT molecular complexity index is 568. The molecule has 1 aromatic carbocycles. The van der Waals surface area contributed by atoms with Gasteiger partial charge >= 0.3 is 0 Å². The molecule has 0 bridgehead atoms. The second-order valence-corrected chi connectivity index (χ2v) is 4.65. The van der Waals surface area contributed by atoms with Crippen LogP contribution in [-0.4, -0.2) is 16.0 Å². The first-order valence-electron chi connectivity index (χ1n) is 4.78. The van der Waals surface area contributed by atoms with Crippen LogP contribution in [0.2, 0.25) is 5.02 Å². The molecule has 0 spiro atoms. The normalized spacial score (nSPS) is 10.2. The average molecular weight is 269 g/mol. The minimum Gasteiger partial charge on any atom is -0.508 e. The first-order valence-corrected chi connectivity index (χ1v) is 6.03. The highest BCUT2D eigenvalue weighted by Crippen LogP contribution is 2.26. The molecule has 4 nitrogen and oxygen atoms in total. The molecule has 0 aliphatic carbocycles. The summed E-state index contributed by atoms with van der Waals surface area (Å²) in [6.07, 6.45) is 0. The van der Waals surface area contributed by atoms with E-state index in [0.29, 0.717) is 21.3 Å². The van der Waals surface area contributed by atoms with Crippen molar-refractivity contribution in [1.82, 2.24) is 4.98 Å². The maximum atomic E-state index is 11.9. The quantitative estimate of drug-likeness (QED) is 0.823. The highest BCUT2D eigenvalue weighted by molar-refractivity contribution is 7.12. The second-order valence-electron chi connectivity index (χ2n) is 3.39. The number of halogens is 1. The van der Waals surface area contributed by atoms with Gasteiger partial charge in [-0.15, -0.1) is 11.3 Å². The number of aryl methyl sites for hydroxylation is 1. The van der Waals surface area contributed by atoms with Crippen molar-refractivity contribution in [3.05, 3.63) is 39.3 Å². The zero-order chi connectivity index (χ0) is 12.4. The van der Waals surface area contributed by atoms with Gasteiger partial charge in [0.2, 0.25) is 0 Å². The molecule has 1 amide bonds. The number of hydrogen-bond acceptors (Lipinski definition) is 4. The maximum Gasteiger partial charge on any atom is 0.267 e. The monoisotopic (exact) mass is 268 g/mol. The molecule has 0 saturated heterocycles. The smallest absolute Gasteiger partial charge is 0.267 e. The van der Waals surface area contributed by atoms with Crippen molar-refractivity contribution in [3.8, 4) is 5.75 Å². The summed E-state index contributed by atoms with van der Waals surface area (Å²) in [4.78, 5) is 16.4. The Labute approximate surface area is 107 Å². The van der Waals surface area contributed by atoms with Crippen molar-refractivity contribution >= 4 is 34.5 Å². The lowest BCUT2D eigenvalue weighted by Gasteiger charge is -2.06. The fourth-order valence-electron chi connectivity index (χ4n) is 1.30. The lowest BCUT2D eigenvalue weighted by Crippen LogP contribution is -2.11. The van der Waals surface area contributed by atoms with E-state index in [1.807, 2.05) is 0 Å². The van der Waals surface area contributed by atoms with E-state index >= 15 is 0 Å². The van der Waals surface area contributed by atoms with Gasteiger partial charge in [0.1, 0.15) is 10.6 Å². The number of benzene rings is 1. The molecule has 0 radical (unpaired) electrons. The van der Waals surface area contributed by atoms with E-state index in [1.54, 1.807) is 18.5 Å². The van der Waals surface area contributed by atoms with Crippen molar-refractivity contribution in [2.45, 2.75) is 6.92 Å². The van der Waals surface area contributed by atoms with E-state index in [0.717, 1.165) is 0 Å². The number of nitrogens with one attached hydrogen (secondary N) is 1. The molecule has 1 heterocycles. The minimum absolute atomic E-state index is 0.0574. The Morgan fingerprint density at radius 3 is 2.88 bits per heavy atom. The van der Waals surface area contributed by atoms with Crippen molar-refractivity contribution in [2.24, 2.45) is 0 Å². The molecular weight excluding hydrogens is 260 g/mol. The third-order valence-electron chi connectivity index (χ3n) is 2.15. The molecule has 0 saturated carbocycles. The molecule has 1 aromatic heterocycles. The molecule has 0 unspecified atom stereocenters. The van der Waals surface area contributed by atoms with Crippen LogP contribution >= 0.6 is 22.9 Å². The van der Waals surface area contributed by atoms with Gasteiger partial charge in [-0.2, -0.15) is 0 Å². The van der Waals surface area contributed by atoms with Gasteiger partial charge in [0.05, 0.1) is 21.9 Å². The van der Waals surface area contributed by atoms with Crippen LogP contribution in [0.1, 0.15) is 15.4 Å². The summed E-state index contributed by atoms with van der Waals surface area (Å²) >= 11 is 7.16. The van der Waals surface area contributed by atoms with E-state index in [4.69, 9.17) is 11.6 Å². The van der Waals surface area contributed by atoms with E-state index in [2.05, 4.69) is 10.3 Å². The average Bonchev–Trinajstić information content (AvgIpc) is 2.68. The summed E-state index contributed by atoms with van der Waals surface area (Å²) in [5.74, 6) is -0.195. The lowest BCUT2D eigenvalue weighted by molar-refractivity contribution is 0.103. The number of aromatic hydroxyl groups is 1. The Balaban J connectivity index is 2.22. The molecule has 0 atom stereocenters. The summed E-state index contributed by atoms with van der Waals surface area (Å²) < 4.78 is 0. The van der Waals surface area contributed by atoms with Crippen LogP contribution in [0.5, 0.6) is 5.75 Å². The molecule has 0 aliphatic heterocycles. The molecule has 2 aromatic rings. The third kappa shape index (κ3) is 2.57. The molecule has 2 N–H and O–H groups in total. The number of phenols is 1. The van der Waals surface area contributed by atoms with Crippen LogP contribution in [0, 0.1) is 6.92 Å². The second kappa shape index (κ2) is 4.73. The van der Waals surface area contributed by atoms with E-state index in [9.17, 15) is 9.90 Å². The number of carbonyl (C=O) groups excluding carboxylic acids is 1. The van der Waals surface area contributed by atoms with Gasteiger partial charge in [-0.3, -0.25) is 4.79 Å². The molecule has 0 fully saturated rings. The fourth-order valence-corrected chi connectivity index (χ4v) is 2.22. The van der Waals surface area contributed by atoms with Crippen LogP contribution in [-0.2, 0) is 0 Å². The van der Waals surface area contributed by atoms with Gasteiger partial charge in [-0.1, -0.05) is 11.6 Å². The molecule has 17 heavy (non-hydrogen) atoms. The van der Waals surface area contributed by atoms with Crippen LogP contribution in [0.4, 0.5) is 5.69 Å². The van der Waals surface area contributed by atoms with Crippen molar-refractivity contribution in [3.63, 3.8) is 0 Å².